The summed E-state index contributed by atoms with van der Waals surface area (Å²) in [6.45, 7) is 1.13. The van der Waals surface area contributed by atoms with Crippen LogP contribution in [0.2, 0.25) is 0 Å². The maximum atomic E-state index is 13.0. The minimum atomic E-state index is -5.04. The van der Waals surface area contributed by atoms with Crippen LogP contribution in [0.1, 0.15) is 50.2 Å². The predicted octanol–water partition coefficient (Wildman–Crippen LogP) is 4.89. The Kier molecular flexibility index (Phi) is 6.28. The summed E-state index contributed by atoms with van der Waals surface area (Å²) in [5, 5.41) is 2.31. The monoisotopic (exact) mass is 444 g/mol. The lowest BCUT2D eigenvalue weighted by atomic mass is 10.0. The zero-order valence-corrected chi connectivity index (χ0v) is 16.1. The molecule has 0 aliphatic carbocycles. The molecule has 3 rings (SSSR count). The zero-order chi connectivity index (χ0) is 22.8. The number of alkyl halides is 6. The highest BCUT2D eigenvalue weighted by molar-refractivity contribution is 5.95. The number of nitrogens with zero attached hydrogens (tertiary/aromatic N) is 1. The van der Waals surface area contributed by atoms with Crippen LogP contribution in [-0.2, 0) is 18.9 Å². The minimum absolute atomic E-state index is 0.0375. The quantitative estimate of drug-likeness (QED) is 0.683. The molecule has 0 spiro atoms. The number of hydrogen-bond donors (Lipinski definition) is 1. The van der Waals surface area contributed by atoms with Gasteiger partial charge in [-0.3, -0.25) is 9.59 Å². The van der Waals surface area contributed by atoms with E-state index < -0.39 is 35.0 Å². The van der Waals surface area contributed by atoms with E-state index in [1.807, 2.05) is 0 Å². The Morgan fingerprint density at radius 1 is 0.839 bits per heavy atom. The van der Waals surface area contributed by atoms with Gasteiger partial charge in [-0.15, -0.1) is 0 Å². The van der Waals surface area contributed by atoms with E-state index >= 15 is 0 Å². The normalized spacial score (nSPS) is 14.6. The fraction of sp³-hybridized carbons (Fsp3) is 0.333. The van der Waals surface area contributed by atoms with E-state index in [-0.39, 0.29) is 18.5 Å². The number of amides is 2. The molecule has 1 heterocycles. The van der Waals surface area contributed by atoms with Crippen LogP contribution in [-0.4, -0.2) is 29.8 Å². The second-order valence-electron chi connectivity index (χ2n) is 7.18. The van der Waals surface area contributed by atoms with E-state index in [0.717, 1.165) is 12.8 Å². The molecule has 1 aliphatic rings. The standard InChI is InChI=1S/C21H18F6N2O2/c22-20(23,24)16-9-15(10-17(11-16)21(25,26)27)18(30)28-12-13-4-3-5-14(8-13)19(31)29-6-1-2-7-29/h3-5,8-11H,1-2,6-7,12H2,(H,28,30). The molecule has 0 bridgehead atoms. The van der Waals surface area contributed by atoms with Crippen LogP contribution in [0.5, 0.6) is 0 Å². The molecule has 10 heteroatoms. The molecule has 4 nitrogen and oxygen atoms in total. The van der Waals surface area contributed by atoms with Gasteiger partial charge in [0.15, 0.2) is 0 Å². The van der Waals surface area contributed by atoms with Crippen molar-refractivity contribution in [2.24, 2.45) is 0 Å². The van der Waals surface area contributed by atoms with Gasteiger partial charge in [-0.2, -0.15) is 26.3 Å². The van der Waals surface area contributed by atoms with Crippen molar-refractivity contribution < 1.29 is 35.9 Å². The Bertz CT molecular complexity index is 946. The van der Waals surface area contributed by atoms with E-state index in [9.17, 15) is 35.9 Å². The summed E-state index contributed by atoms with van der Waals surface area (Å²) in [4.78, 5) is 26.4. The van der Waals surface area contributed by atoms with Gasteiger partial charge in [0.1, 0.15) is 0 Å². The first-order chi connectivity index (χ1) is 14.4. The molecule has 0 atom stereocenters. The van der Waals surface area contributed by atoms with Gasteiger partial charge < -0.3 is 10.2 Å². The van der Waals surface area contributed by atoms with Crippen molar-refractivity contribution in [3.63, 3.8) is 0 Å². The molecule has 2 amide bonds. The molecular formula is C21H18F6N2O2. The summed E-state index contributed by atoms with van der Waals surface area (Å²) in [7, 11) is 0. The number of rotatable bonds is 4. The van der Waals surface area contributed by atoms with Crippen molar-refractivity contribution in [1.29, 1.82) is 0 Å². The molecule has 2 aromatic carbocycles. The van der Waals surface area contributed by atoms with Gasteiger partial charge >= 0.3 is 12.4 Å². The van der Waals surface area contributed by atoms with Crippen LogP contribution in [0, 0.1) is 0 Å². The Hall–Kier alpha value is -3.04. The molecule has 166 valence electrons. The van der Waals surface area contributed by atoms with E-state index in [1.54, 1.807) is 23.1 Å². The first-order valence-electron chi connectivity index (χ1n) is 9.41. The van der Waals surface area contributed by atoms with Gasteiger partial charge in [0.2, 0.25) is 0 Å². The third-order valence-corrected chi connectivity index (χ3v) is 4.87. The second kappa shape index (κ2) is 8.60. The van der Waals surface area contributed by atoms with Crippen LogP contribution in [0.3, 0.4) is 0 Å². The zero-order valence-electron chi connectivity index (χ0n) is 16.1. The molecule has 0 unspecified atom stereocenters. The smallest absolute Gasteiger partial charge is 0.348 e. The average Bonchev–Trinajstić information content (AvgIpc) is 3.25. The van der Waals surface area contributed by atoms with Gasteiger partial charge in [0, 0.05) is 30.8 Å². The molecule has 0 saturated carbocycles. The lowest BCUT2D eigenvalue weighted by Gasteiger charge is -2.16. The lowest BCUT2D eigenvalue weighted by Crippen LogP contribution is -2.28. The topological polar surface area (TPSA) is 49.4 Å². The Labute approximate surface area is 173 Å². The number of halogens is 6. The van der Waals surface area contributed by atoms with E-state index in [2.05, 4.69) is 5.32 Å². The predicted molar refractivity (Wildman–Crippen MR) is 99.2 cm³/mol. The number of carbonyl (C=O) groups is 2. The maximum absolute atomic E-state index is 13.0. The SMILES string of the molecule is O=C(NCc1cccc(C(=O)N2CCCC2)c1)c1cc(C(F)(F)F)cc(C(F)(F)F)c1. The largest absolute Gasteiger partial charge is 0.416 e. The lowest BCUT2D eigenvalue weighted by molar-refractivity contribution is -0.143. The third kappa shape index (κ3) is 5.56. The Morgan fingerprint density at radius 3 is 1.97 bits per heavy atom. The van der Waals surface area contributed by atoms with Gasteiger partial charge in [0.25, 0.3) is 11.8 Å². The van der Waals surface area contributed by atoms with Crippen LogP contribution >= 0.6 is 0 Å². The summed E-state index contributed by atoms with van der Waals surface area (Å²) in [6, 6.07) is 7.04. The molecule has 1 saturated heterocycles. The van der Waals surface area contributed by atoms with E-state index in [0.29, 0.717) is 36.3 Å². The van der Waals surface area contributed by atoms with Crippen LogP contribution in [0.15, 0.2) is 42.5 Å². The molecule has 1 fully saturated rings. The Balaban J connectivity index is 1.76. The van der Waals surface area contributed by atoms with Gasteiger partial charge in [0.05, 0.1) is 11.1 Å². The molecule has 1 N–H and O–H groups in total. The van der Waals surface area contributed by atoms with Crippen molar-refractivity contribution in [2.45, 2.75) is 31.7 Å². The summed E-state index contributed by atoms with van der Waals surface area (Å²) < 4.78 is 77.8. The first kappa shape index (κ1) is 22.6. The highest BCUT2D eigenvalue weighted by atomic mass is 19.4. The summed E-state index contributed by atoms with van der Waals surface area (Å²) in [6.07, 6.45) is -8.25. The fourth-order valence-electron chi connectivity index (χ4n) is 3.29. The number of nitrogens with one attached hydrogen (secondary N) is 1. The molecule has 0 radical (unpaired) electrons. The van der Waals surface area contributed by atoms with Crippen LogP contribution in [0.4, 0.5) is 26.3 Å². The minimum Gasteiger partial charge on any atom is -0.348 e. The second-order valence-corrected chi connectivity index (χ2v) is 7.18. The fourth-order valence-corrected chi connectivity index (χ4v) is 3.29. The van der Waals surface area contributed by atoms with Crippen LogP contribution in [0.25, 0.3) is 0 Å². The number of carbonyl (C=O) groups excluding carboxylic acids is 2. The third-order valence-electron chi connectivity index (χ3n) is 4.87. The van der Waals surface area contributed by atoms with Gasteiger partial charge in [-0.1, -0.05) is 12.1 Å². The number of benzene rings is 2. The molecule has 2 aromatic rings. The average molecular weight is 444 g/mol. The summed E-state index contributed by atoms with van der Waals surface area (Å²) in [5.41, 5.74) is -3.00. The van der Waals surface area contributed by atoms with E-state index in [1.165, 1.54) is 6.07 Å². The van der Waals surface area contributed by atoms with Crippen LogP contribution < -0.4 is 5.32 Å². The Morgan fingerprint density at radius 2 is 1.42 bits per heavy atom. The van der Waals surface area contributed by atoms with Crippen molar-refractivity contribution in [1.82, 2.24) is 10.2 Å². The van der Waals surface area contributed by atoms with Crippen molar-refractivity contribution in [2.75, 3.05) is 13.1 Å². The molecular weight excluding hydrogens is 426 g/mol. The van der Waals surface area contributed by atoms with Crippen molar-refractivity contribution in [3.05, 3.63) is 70.3 Å². The number of hydrogen-bond acceptors (Lipinski definition) is 2. The molecule has 0 aromatic heterocycles. The van der Waals surface area contributed by atoms with E-state index in [4.69, 9.17) is 0 Å². The van der Waals surface area contributed by atoms with Gasteiger partial charge in [-0.05, 0) is 48.7 Å². The highest BCUT2D eigenvalue weighted by Gasteiger charge is 2.37. The summed E-state index contributed by atoms with van der Waals surface area (Å²) >= 11 is 0. The molecule has 31 heavy (non-hydrogen) atoms. The maximum Gasteiger partial charge on any atom is 0.416 e. The van der Waals surface area contributed by atoms with Crippen molar-refractivity contribution in [3.8, 4) is 0 Å². The number of likely N-dealkylation sites (tertiary alicyclic amines) is 1. The highest BCUT2D eigenvalue weighted by Crippen LogP contribution is 2.36. The summed E-state index contributed by atoms with van der Waals surface area (Å²) in [5.74, 6) is -1.26. The molecule has 1 aliphatic heterocycles. The first-order valence-corrected chi connectivity index (χ1v) is 9.41. The van der Waals surface area contributed by atoms with Gasteiger partial charge in [-0.25, -0.2) is 0 Å². The van der Waals surface area contributed by atoms with Crippen molar-refractivity contribution >= 4 is 11.8 Å².